The van der Waals surface area contributed by atoms with Gasteiger partial charge in [-0.25, -0.2) is 4.79 Å². The van der Waals surface area contributed by atoms with Gasteiger partial charge in [0.15, 0.2) is 0 Å². The Morgan fingerprint density at radius 2 is 1.53 bits per heavy atom. The van der Waals surface area contributed by atoms with Crippen molar-refractivity contribution in [3.63, 3.8) is 0 Å². The second-order valence-corrected chi connectivity index (χ2v) is 10.0. The molecule has 1 aromatic rings. The van der Waals surface area contributed by atoms with Crippen molar-refractivity contribution in [2.45, 2.75) is 96.1 Å². The first-order chi connectivity index (χ1) is 15.8. The number of urea groups is 1. The van der Waals surface area contributed by atoms with Crippen molar-refractivity contribution in [1.82, 2.24) is 15.1 Å². The summed E-state index contributed by atoms with van der Waals surface area (Å²) in [4.78, 5) is 22.2. The van der Waals surface area contributed by atoms with Crippen molar-refractivity contribution in [1.29, 1.82) is 0 Å². The van der Waals surface area contributed by atoms with E-state index in [1.807, 2.05) is 4.90 Å². The summed E-state index contributed by atoms with van der Waals surface area (Å²) < 4.78 is 0. The van der Waals surface area contributed by atoms with Gasteiger partial charge < -0.3 is 10.2 Å². The number of amidine groups is 1. The van der Waals surface area contributed by atoms with Gasteiger partial charge in [-0.05, 0) is 43.2 Å². The van der Waals surface area contributed by atoms with Crippen LogP contribution in [0.15, 0.2) is 29.3 Å². The summed E-state index contributed by atoms with van der Waals surface area (Å²) in [5.74, 6) is 0.908. The molecule has 5 heteroatoms. The van der Waals surface area contributed by atoms with Gasteiger partial charge in [0, 0.05) is 45.2 Å². The Morgan fingerprint density at radius 1 is 0.781 bits per heavy atom. The molecular weight excluding hydrogens is 396 g/mol. The number of aliphatic imine (C=N–C) groups is 1. The third-order valence-electron chi connectivity index (χ3n) is 7.37. The normalized spacial score (nSPS) is 26.5. The van der Waals surface area contributed by atoms with Crippen LogP contribution in [0.1, 0.15) is 88.2 Å². The molecule has 0 saturated heterocycles. The average Bonchev–Trinajstić information content (AvgIpc) is 2.86. The van der Waals surface area contributed by atoms with Crippen LogP contribution in [0, 0.1) is 0 Å². The lowest BCUT2D eigenvalue weighted by Gasteiger charge is -2.26. The van der Waals surface area contributed by atoms with Gasteiger partial charge in [0.1, 0.15) is 5.84 Å². The zero-order chi connectivity index (χ0) is 22.0. The molecule has 2 amide bonds. The first-order valence-electron chi connectivity index (χ1n) is 13.2. The molecule has 0 spiro atoms. The summed E-state index contributed by atoms with van der Waals surface area (Å²) >= 11 is 0. The quantitative estimate of drug-likeness (QED) is 0.627. The maximum Gasteiger partial charge on any atom is 0.345 e. The Hall–Kier alpha value is -1.88. The predicted octanol–water partition coefficient (Wildman–Crippen LogP) is 5.53. The molecule has 4 rings (SSSR count). The molecule has 1 atom stereocenters. The topological polar surface area (TPSA) is 47.9 Å². The maximum atomic E-state index is 13.1. The standard InChI is InChI=1S/C27H42N4O/c32-27-29-26(28-25-14-7-5-8-15-25)16-18-30-19-20-31(27)17-9-4-2-1-3-6-11-23-12-10-13-24(21-23)22-30/h10,12-13,21,25H,1-9,11,14-20,22H2,(H,28,29,32). The van der Waals surface area contributed by atoms with Crippen molar-refractivity contribution < 1.29 is 4.79 Å². The fourth-order valence-electron chi connectivity index (χ4n) is 5.41. The van der Waals surface area contributed by atoms with Crippen molar-refractivity contribution in [2.24, 2.45) is 4.99 Å². The SMILES string of the molecule is O=C1/N=C(/NC2CCCCC2)CCN2CCN1CCCCCCCCc1cccc(c1)C2. The van der Waals surface area contributed by atoms with Crippen LogP contribution < -0.4 is 5.32 Å². The van der Waals surface area contributed by atoms with Gasteiger partial charge in [-0.15, -0.1) is 0 Å². The fourth-order valence-corrected chi connectivity index (χ4v) is 5.41. The number of aryl methyl sites for hydroxylation is 1. The van der Waals surface area contributed by atoms with E-state index in [9.17, 15) is 4.79 Å². The van der Waals surface area contributed by atoms with E-state index in [0.29, 0.717) is 6.04 Å². The van der Waals surface area contributed by atoms with E-state index in [-0.39, 0.29) is 6.03 Å². The largest absolute Gasteiger partial charge is 0.371 e. The summed E-state index contributed by atoms with van der Waals surface area (Å²) in [5, 5.41) is 3.67. The summed E-state index contributed by atoms with van der Waals surface area (Å²) in [6.45, 7) is 4.43. The highest BCUT2D eigenvalue weighted by atomic mass is 16.2. The Balaban J connectivity index is 1.50. The Kier molecular flexibility index (Phi) is 9.01. The summed E-state index contributed by atoms with van der Waals surface area (Å²) in [5.41, 5.74) is 2.86. The van der Waals surface area contributed by atoms with Crippen LogP contribution in [0.25, 0.3) is 0 Å². The smallest absolute Gasteiger partial charge is 0.345 e. The molecule has 2 aliphatic heterocycles. The number of hydrogen-bond acceptors (Lipinski definition) is 3. The molecule has 2 heterocycles. The molecule has 32 heavy (non-hydrogen) atoms. The van der Waals surface area contributed by atoms with E-state index >= 15 is 0 Å². The van der Waals surface area contributed by atoms with E-state index in [2.05, 4.69) is 39.5 Å². The highest BCUT2D eigenvalue weighted by Crippen LogP contribution is 2.19. The number of hydrogen-bond donors (Lipinski definition) is 1. The molecule has 1 unspecified atom stereocenters. The number of carbonyl (C=O) groups is 1. The molecule has 1 fully saturated rings. The summed E-state index contributed by atoms with van der Waals surface area (Å²) in [7, 11) is 0. The molecule has 176 valence electrons. The molecule has 0 aromatic heterocycles. The highest BCUT2D eigenvalue weighted by Gasteiger charge is 2.21. The monoisotopic (exact) mass is 438 g/mol. The van der Waals surface area contributed by atoms with Crippen molar-refractivity contribution in [2.75, 3.05) is 26.2 Å². The molecule has 1 N–H and O–H groups in total. The van der Waals surface area contributed by atoms with Crippen LogP contribution in [-0.4, -0.2) is 53.9 Å². The van der Waals surface area contributed by atoms with E-state index < -0.39 is 0 Å². The van der Waals surface area contributed by atoms with E-state index in [1.165, 1.54) is 81.8 Å². The Morgan fingerprint density at radius 3 is 2.41 bits per heavy atom. The minimum absolute atomic E-state index is 0.0340. The van der Waals surface area contributed by atoms with Crippen molar-refractivity contribution in [3.05, 3.63) is 35.4 Å². The Labute approximate surface area is 194 Å². The van der Waals surface area contributed by atoms with Crippen LogP contribution in [0.3, 0.4) is 0 Å². The first-order valence-corrected chi connectivity index (χ1v) is 13.2. The van der Waals surface area contributed by atoms with Crippen LogP contribution >= 0.6 is 0 Å². The predicted molar refractivity (Wildman–Crippen MR) is 132 cm³/mol. The zero-order valence-corrected chi connectivity index (χ0v) is 19.9. The Bertz CT molecular complexity index is 756. The summed E-state index contributed by atoms with van der Waals surface area (Å²) in [6, 6.07) is 9.61. The van der Waals surface area contributed by atoms with Crippen LogP contribution in [-0.2, 0) is 13.0 Å². The van der Waals surface area contributed by atoms with Gasteiger partial charge in [-0.2, -0.15) is 4.99 Å². The lowest BCUT2D eigenvalue weighted by molar-refractivity contribution is 0.190. The van der Waals surface area contributed by atoms with Gasteiger partial charge in [0.25, 0.3) is 0 Å². The summed E-state index contributed by atoms with van der Waals surface area (Å²) in [6.07, 6.45) is 15.8. The van der Waals surface area contributed by atoms with Crippen molar-refractivity contribution >= 4 is 11.9 Å². The molecule has 1 saturated carbocycles. The molecule has 3 aliphatic rings. The molecule has 4 bridgehead atoms. The number of nitrogens with one attached hydrogen (secondary N) is 1. The number of fused-ring (bicyclic) bond motifs is 5. The number of nitrogens with zero attached hydrogens (tertiary/aromatic N) is 3. The molecule has 1 aromatic carbocycles. The highest BCUT2D eigenvalue weighted by molar-refractivity contribution is 5.94. The average molecular weight is 439 g/mol. The van der Waals surface area contributed by atoms with E-state index in [4.69, 9.17) is 0 Å². The van der Waals surface area contributed by atoms with Gasteiger partial charge >= 0.3 is 6.03 Å². The third-order valence-corrected chi connectivity index (χ3v) is 7.37. The third kappa shape index (κ3) is 7.33. The zero-order valence-electron chi connectivity index (χ0n) is 19.9. The number of carbonyl (C=O) groups excluding carboxylic acids is 1. The van der Waals surface area contributed by atoms with E-state index in [0.717, 1.165) is 51.4 Å². The van der Waals surface area contributed by atoms with Gasteiger partial charge in [0.05, 0.1) is 0 Å². The number of rotatable bonds is 1. The number of benzene rings is 1. The van der Waals surface area contributed by atoms with E-state index in [1.54, 1.807) is 0 Å². The minimum Gasteiger partial charge on any atom is -0.371 e. The van der Waals surface area contributed by atoms with Crippen LogP contribution in [0.5, 0.6) is 0 Å². The van der Waals surface area contributed by atoms with Crippen molar-refractivity contribution in [3.8, 4) is 0 Å². The second kappa shape index (κ2) is 12.4. The molecular formula is C27H42N4O. The fraction of sp³-hybridized carbons (Fsp3) is 0.704. The van der Waals surface area contributed by atoms with Crippen LogP contribution in [0.4, 0.5) is 4.79 Å². The molecule has 0 radical (unpaired) electrons. The molecule has 1 aliphatic carbocycles. The first kappa shape index (κ1) is 23.3. The second-order valence-electron chi connectivity index (χ2n) is 10.0. The minimum atomic E-state index is -0.0340. The lowest BCUT2D eigenvalue weighted by atomic mass is 9.95. The van der Waals surface area contributed by atoms with Gasteiger partial charge in [-0.1, -0.05) is 69.2 Å². The van der Waals surface area contributed by atoms with Gasteiger partial charge in [-0.3, -0.25) is 4.90 Å². The molecule has 5 nitrogen and oxygen atoms in total. The maximum absolute atomic E-state index is 13.1. The number of amides is 2. The lowest BCUT2D eigenvalue weighted by Crippen LogP contribution is -2.38. The van der Waals surface area contributed by atoms with Gasteiger partial charge in [0.2, 0.25) is 0 Å². The van der Waals surface area contributed by atoms with Crippen LogP contribution in [0.2, 0.25) is 0 Å².